The van der Waals surface area contributed by atoms with E-state index in [4.69, 9.17) is 0 Å². The summed E-state index contributed by atoms with van der Waals surface area (Å²) in [5, 5.41) is 14.1. The van der Waals surface area contributed by atoms with E-state index >= 15 is 0 Å². The van der Waals surface area contributed by atoms with E-state index in [1.54, 1.807) is 6.07 Å². The summed E-state index contributed by atoms with van der Waals surface area (Å²) < 4.78 is 0. The van der Waals surface area contributed by atoms with Crippen LogP contribution in [0.3, 0.4) is 0 Å². The number of H-pyrrole nitrogens is 1. The molecule has 0 aliphatic rings. The van der Waals surface area contributed by atoms with Crippen LogP contribution in [0.2, 0.25) is 0 Å². The molecule has 2 rings (SSSR count). The van der Waals surface area contributed by atoms with E-state index in [1.165, 1.54) is 5.56 Å². The summed E-state index contributed by atoms with van der Waals surface area (Å²) in [6.45, 7) is 4.16. The second-order valence-electron chi connectivity index (χ2n) is 4.01. The molecule has 0 bridgehead atoms. The van der Waals surface area contributed by atoms with Gasteiger partial charge in [0.2, 0.25) is 0 Å². The van der Waals surface area contributed by atoms with E-state index in [9.17, 15) is 5.11 Å². The summed E-state index contributed by atoms with van der Waals surface area (Å²) in [6.07, 6.45) is 4.08. The minimum Gasteiger partial charge on any atom is -0.507 e. The molecular weight excluding hydrogens is 200 g/mol. The van der Waals surface area contributed by atoms with Gasteiger partial charge in [0.25, 0.3) is 0 Å². The molecule has 3 N–H and O–H groups in total. The van der Waals surface area contributed by atoms with Gasteiger partial charge in [0.1, 0.15) is 5.75 Å². The smallest absolute Gasteiger partial charge is 0.125 e. The number of aromatic amines is 1. The molecule has 0 unspecified atom stereocenters. The minimum atomic E-state index is 0.365. The number of rotatable bonds is 5. The number of aromatic nitrogens is 1. The second kappa shape index (κ2) is 5.03. The molecule has 0 radical (unpaired) electrons. The highest BCUT2D eigenvalue weighted by molar-refractivity contribution is 5.88. The molecule has 2 aromatic rings. The van der Waals surface area contributed by atoms with E-state index in [2.05, 4.69) is 17.2 Å². The van der Waals surface area contributed by atoms with Crippen LogP contribution in [-0.2, 0) is 6.42 Å². The Morgan fingerprint density at radius 1 is 1.31 bits per heavy atom. The number of nitrogens with one attached hydrogen (secondary N) is 2. The molecule has 1 aromatic heterocycles. The average Bonchev–Trinajstić information content (AvgIpc) is 2.69. The van der Waals surface area contributed by atoms with Gasteiger partial charge in [-0.15, -0.1) is 0 Å². The van der Waals surface area contributed by atoms with Gasteiger partial charge in [0.15, 0.2) is 0 Å². The number of phenols is 1. The molecule has 0 saturated carbocycles. The lowest BCUT2D eigenvalue weighted by Gasteiger charge is -2.03. The van der Waals surface area contributed by atoms with Crippen LogP contribution in [0.15, 0.2) is 24.4 Å². The van der Waals surface area contributed by atoms with Crippen LogP contribution in [0, 0.1) is 0 Å². The van der Waals surface area contributed by atoms with Gasteiger partial charge in [0.05, 0.1) is 0 Å². The van der Waals surface area contributed by atoms with E-state index in [0.29, 0.717) is 5.75 Å². The van der Waals surface area contributed by atoms with Crippen LogP contribution in [-0.4, -0.2) is 23.2 Å². The van der Waals surface area contributed by atoms with Crippen molar-refractivity contribution in [3.05, 3.63) is 30.0 Å². The second-order valence-corrected chi connectivity index (χ2v) is 4.01. The molecule has 0 atom stereocenters. The van der Waals surface area contributed by atoms with Crippen LogP contribution >= 0.6 is 0 Å². The quantitative estimate of drug-likeness (QED) is 0.675. The molecule has 16 heavy (non-hydrogen) atoms. The first kappa shape index (κ1) is 11.0. The van der Waals surface area contributed by atoms with E-state index in [0.717, 1.165) is 36.8 Å². The lowest BCUT2D eigenvalue weighted by atomic mass is 10.1. The van der Waals surface area contributed by atoms with Crippen molar-refractivity contribution in [1.82, 2.24) is 10.3 Å². The zero-order valence-electron chi connectivity index (χ0n) is 9.59. The molecule has 1 heterocycles. The highest BCUT2D eigenvalue weighted by Crippen LogP contribution is 2.27. The van der Waals surface area contributed by atoms with Crippen LogP contribution in [0.1, 0.15) is 18.9 Å². The first-order valence-corrected chi connectivity index (χ1v) is 5.81. The maximum atomic E-state index is 9.80. The Balaban J connectivity index is 2.12. The number of hydrogen-bond donors (Lipinski definition) is 3. The summed E-state index contributed by atoms with van der Waals surface area (Å²) in [5.74, 6) is 0.365. The zero-order valence-corrected chi connectivity index (χ0v) is 9.59. The Morgan fingerprint density at radius 3 is 3.00 bits per heavy atom. The SMILES string of the molecule is CCCNCCc1c[nH]c2cccc(O)c12. The van der Waals surface area contributed by atoms with Crippen LogP contribution in [0.5, 0.6) is 5.75 Å². The summed E-state index contributed by atoms with van der Waals surface area (Å²) in [7, 11) is 0. The van der Waals surface area contributed by atoms with Crippen molar-refractivity contribution >= 4 is 10.9 Å². The maximum Gasteiger partial charge on any atom is 0.125 e. The fraction of sp³-hybridized carbons (Fsp3) is 0.385. The van der Waals surface area contributed by atoms with E-state index in [1.807, 2.05) is 18.3 Å². The van der Waals surface area contributed by atoms with Crippen molar-refractivity contribution in [3.8, 4) is 5.75 Å². The highest BCUT2D eigenvalue weighted by Gasteiger charge is 2.06. The van der Waals surface area contributed by atoms with Crippen molar-refractivity contribution < 1.29 is 5.11 Å². The Kier molecular flexibility index (Phi) is 3.47. The van der Waals surface area contributed by atoms with Gasteiger partial charge in [-0.1, -0.05) is 13.0 Å². The Bertz CT molecular complexity index is 462. The molecule has 0 amide bonds. The molecule has 3 nitrogen and oxygen atoms in total. The van der Waals surface area contributed by atoms with E-state index < -0.39 is 0 Å². The molecule has 0 saturated heterocycles. The molecule has 0 aliphatic carbocycles. The topological polar surface area (TPSA) is 48.0 Å². The third-order valence-corrected chi connectivity index (χ3v) is 2.76. The van der Waals surface area contributed by atoms with Crippen LogP contribution in [0.4, 0.5) is 0 Å². The molecule has 0 aliphatic heterocycles. The monoisotopic (exact) mass is 218 g/mol. The van der Waals surface area contributed by atoms with Gasteiger partial charge >= 0.3 is 0 Å². The van der Waals surface area contributed by atoms with Crippen molar-refractivity contribution in [2.24, 2.45) is 0 Å². The van der Waals surface area contributed by atoms with Crippen LogP contribution in [0.25, 0.3) is 10.9 Å². The molecule has 3 heteroatoms. The van der Waals surface area contributed by atoms with Gasteiger partial charge in [-0.25, -0.2) is 0 Å². The Morgan fingerprint density at radius 2 is 2.19 bits per heavy atom. The van der Waals surface area contributed by atoms with Crippen molar-refractivity contribution in [2.75, 3.05) is 13.1 Å². The number of phenolic OH excluding ortho intramolecular Hbond substituents is 1. The molecular formula is C13H18N2O. The average molecular weight is 218 g/mol. The van der Waals surface area contributed by atoms with Gasteiger partial charge in [-0.05, 0) is 43.6 Å². The third kappa shape index (κ3) is 2.19. The normalized spacial score (nSPS) is 11.1. The predicted octanol–water partition coefficient (Wildman–Crippen LogP) is 2.42. The molecule has 0 spiro atoms. The summed E-state index contributed by atoms with van der Waals surface area (Å²) in [5.41, 5.74) is 2.18. The fourth-order valence-corrected chi connectivity index (χ4v) is 1.96. The number of benzene rings is 1. The lowest BCUT2D eigenvalue weighted by Crippen LogP contribution is -2.17. The van der Waals surface area contributed by atoms with Gasteiger partial charge in [0, 0.05) is 17.1 Å². The van der Waals surface area contributed by atoms with Crippen molar-refractivity contribution in [1.29, 1.82) is 0 Å². The zero-order chi connectivity index (χ0) is 11.4. The van der Waals surface area contributed by atoms with Crippen molar-refractivity contribution in [3.63, 3.8) is 0 Å². The number of hydrogen-bond acceptors (Lipinski definition) is 2. The Hall–Kier alpha value is -1.48. The van der Waals surface area contributed by atoms with Gasteiger partial charge in [-0.3, -0.25) is 0 Å². The first-order chi connectivity index (χ1) is 7.83. The first-order valence-electron chi connectivity index (χ1n) is 5.81. The third-order valence-electron chi connectivity index (χ3n) is 2.76. The fourth-order valence-electron chi connectivity index (χ4n) is 1.96. The van der Waals surface area contributed by atoms with E-state index in [-0.39, 0.29) is 0 Å². The molecule has 1 aromatic carbocycles. The minimum absolute atomic E-state index is 0.365. The summed E-state index contributed by atoms with van der Waals surface area (Å²) >= 11 is 0. The standard InChI is InChI=1S/C13H18N2O/c1-2-7-14-8-6-10-9-15-11-4-3-5-12(16)13(10)11/h3-5,9,14-16H,2,6-8H2,1H3. The summed E-state index contributed by atoms with van der Waals surface area (Å²) in [4.78, 5) is 3.18. The largest absolute Gasteiger partial charge is 0.507 e. The lowest BCUT2D eigenvalue weighted by molar-refractivity contribution is 0.481. The number of fused-ring (bicyclic) bond motifs is 1. The van der Waals surface area contributed by atoms with Crippen molar-refractivity contribution in [2.45, 2.75) is 19.8 Å². The molecule has 0 fully saturated rings. The predicted molar refractivity (Wildman–Crippen MR) is 66.8 cm³/mol. The maximum absolute atomic E-state index is 9.80. The van der Waals surface area contributed by atoms with Gasteiger partial charge in [-0.2, -0.15) is 0 Å². The number of aromatic hydroxyl groups is 1. The Labute approximate surface area is 95.5 Å². The van der Waals surface area contributed by atoms with Gasteiger partial charge < -0.3 is 15.4 Å². The summed E-state index contributed by atoms with van der Waals surface area (Å²) in [6, 6.07) is 5.57. The molecule has 86 valence electrons. The van der Waals surface area contributed by atoms with Crippen LogP contribution < -0.4 is 5.32 Å². The highest BCUT2D eigenvalue weighted by atomic mass is 16.3.